The zero-order chi connectivity index (χ0) is 12.3. The van der Waals surface area contributed by atoms with Gasteiger partial charge in [0.15, 0.2) is 0 Å². The van der Waals surface area contributed by atoms with Crippen molar-refractivity contribution < 1.29 is 4.79 Å². The predicted octanol–water partition coefficient (Wildman–Crippen LogP) is 1.88. The molecule has 0 aromatic rings. The van der Waals surface area contributed by atoms with Crippen molar-refractivity contribution in [2.45, 2.75) is 39.5 Å². The average molecular weight is 238 g/mol. The van der Waals surface area contributed by atoms with Crippen LogP contribution >= 0.6 is 0 Å². The van der Waals surface area contributed by atoms with Crippen molar-refractivity contribution in [3.8, 4) is 0 Å². The van der Waals surface area contributed by atoms with Gasteiger partial charge in [0.05, 0.1) is 0 Å². The van der Waals surface area contributed by atoms with Crippen molar-refractivity contribution in [2.75, 3.05) is 26.2 Å². The molecule has 0 aromatic carbocycles. The molecule has 2 aliphatic heterocycles. The number of nitrogens with one attached hydrogen (secondary N) is 1. The molecule has 2 heterocycles. The molecule has 2 fully saturated rings. The highest BCUT2D eigenvalue weighted by atomic mass is 16.2. The lowest BCUT2D eigenvalue weighted by Gasteiger charge is -2.29. The van der Waals surface area contributed by atoms with Crippen molar-refractivity contribution in [2.24, 2.45) is 17.8 Å². The molecular weight excluding hydrogens is 212 g/mol. The van der Waals surface area contributed by atoms with Crippen LogP contribution in [-0.4, -0.2) is 37.0 Å². The van der Waals surface area contributed by atoms with E-state index < -0.39 is 0 Å². The Hall–Kier alpha value is -0.570. The summed E-state index contributed by atoms with van der Waals surface area (Å²) >= 11 is 0. The number of nitrogens with zero attached hydrogens (tertiary/aromatic N) is 1. The number of hydrogen-bond donors (Lipinski definition) is 1. The van der Waals surface area contributed by atoms with Crippen LogP contribution in [0, 0.1) is 17.8 Å². The van der Waals surface area contributed by atoms with Crippen LogP contribution < -0.4 is 5.32 Å². The monoisotopic (exact) mass is 238 g/mol. The van der Waals surface area contributed by atoms with Gasteiger partial charge in [-0.2, -0.15) is 0 Å². The van der Waals surface area contributed by atoms with Gasteiger partial charge in [-0.1, -0.05) is 13.8 Å². The van der Waals surface area contributed by atoms with E-state index in [4.69, 9.17) is 0 Å². The minimum Gasteiger partial charge on any atom is -0.342 e. The summed E-state index contributed by atoms with van der Waals surface area (Å²) in [6, 6.07) is 0. The summed E-state index contributed by atoms with van der Waals surface area (Å²) in [6.07, 6.45) is 4.51. The molecular formula is C14H26N2O. The minimum absolute atomic E-state index is 0.289. The molecule has 1 amide bonds. The summed E-state index contributed by atoms with van der Waals surface area (Å²) in [7, 11) is 0. The quantitative estimate of drug-likeness (QED) is 0.756. The highest BCUT2D eigenvalue weighted by Crippen LogP contribution is 2.24. The van der Waals surface area contributed by atoms with Crippen LogP contribution in [0.15, 0.2) is 0 Å². The van der Waals surface area contributed by atoms with Gasteiger partial charge in [0.25, 0.3) is 0 Å². The van der Waals surface area contributed by atoms with E-state index in [9.17, 15) is 4.79 Å². The summed E-state index contributed by atoms with van der Waals surface area (Å²) in [4.78, 5) is 14.6. The van der Waals surface area contributed by atoms with Crippen LogP contribution in [0.3, 0.4) is 0 Å². The van der Waals surface area contributed by atoms with Gasteiger partial charge in [0.2, 0.25) is 5.91 Å². The van der Waals surface area contributed by atoms with Gasteiger partial charge < -0.3 is 10.2 Å². The second-order valence-electron chi connectivity index (χ2n) is 6.04. The Balaban J connectivity index is 1.93. The number of piperidine rings is 1. The van der Waals surface area contributed by atoms with E-state index in [0.29, 0.717) is 11.8 Å². The van der Waals surface area contributed by atoms with Crippen LogP contribution in [-0.2, 0) is 4.79 Å². The SMILES string of the molecule is CC1CCN(C(=O)C2CCNCC2)CC(C)C1. The lowest BCUT2D eigenvalue weighted by atomic mass is 9.96. The average Bonchev–Trinajstić information content (AvgIpc) is 2.50. The Labute approximate surface area is 105 Å². The summed E-state index contributed by atoms with van der Waals surface area (Å²) in [5, 5.41) is 3.33. The van der Waals surface area contributed by atoms with Gasteiger partial charge in [0, 0.05) is 19.0 Å². The first kappa shape index (κ1) is 12.9. The van der Waals surface area contributed by atoms with E-state index >= 15 is 0 Å². The normalized spacial score (nSPS) is 32.2. The van der Waals surface area contributed by atoms with Gasteiger partial charge in [-0.3, -0.25) is 4.79 Å². The molecule has 0 bridgehead atoms. The third kappa shape index (κ3) is 3.44. The van der Waals surface area contributed by atoms with E-state index in [0.717, 1.165) is 44.9 Å². The Morgan fingerprint density at radius 2 is 1.82 bits per heavy atom. The number of hydrogen-bond acceptors (Lipinski definition) is 2. The summed E-state index contributed by atoms with van der Waals surface area (Å²) in [5.41, 5.74) is 0. The van der Waals surface area contributed by atoms with E-state index in [1.807, 2.05) is 0 Å². The molecule has 2 saturated heterocycles. The van der Waals surface area contributed by atoms with Crippen molar-refractivity contribution in [1.82, 2.24) is 10.2 Å². The van der Waals surface area contributed by atoms with Crippen molar-refractivity contribution in [1.29, 1.82) is 0 Å². The first-order chi connectivity index (χ1) is 8.16. The number of amides is 1. The molecule has 0 radical (unpaired) electrons. The number of carbonyl (C=O) groups excluding carboxylic acids is 1. The molecule has 98 valence electrons. The van der Waals surface area contributed by atoms with E-state index in [1.165, 1.54) is 12.8 Å². The van der Waals surface area contributed by atoms with E-state index in [-0.39, 0.29) is 5.92 Å². The standard InChI is InChI=1S/C14H26N2O/c1-11-5-8-16(10-12(2)9-11)14(17)13-3-6-15-7-4-13/h11-13,15H,3-10H2,1-2H3. The maximum absolute atomic E-state index is 12.5. The Morgan fingerprint density at radius 3 is 2.53 bits per heavy atom. The fourth-order valence-electron chi connectivity index (χ4n) is 3.25. The molecule has 3 heteroatoms. The lowest BCUT2D eigenvalue weighted by molar-refractivity contribution is -0.136. The first-order valence-corrected chi connectivity index (χ1v) is 7.16. The molecule has 0 aliphatic carbocycles. The van der Waals surface area contributed by atoms with Crippen LogP contribution in [0.5, 0.6) is 0 Å². The number of rotatable bonds is 1. The molecule has 0 saturated carbocycles. The topological polar surface area (TPSA) is 32.3 Å². The zero-order valence-electron chi connectivity index (χ0n) is 11.2. The van der Waals surface area contributed by atoms with E-state index in [1.54, 1.807) is 0 Å². The molecule has 1 N–H and O–H groups in total. The van der Waals surface area contributed by atoms with Gasteiger partial charge in [-0.05, 0) is 50.6 Å². The maximum Gasteiger partial charge on any atom is 0.225 e. The molecule has 0 spiro atoms. The second-order valence-corrected chi connectivity index (χ2v) is 6.04. The van der Waals surface area contributed by atoms with Gasteiger partial charge in [0.1, 0.15) is 0 Å². The third-order valence-electron chi connectivity index (χ3n) is 4.23. The van der Waals surface area contributed by atoms with Gasteiger partial charge in [-0.25, -0.2) is 0 Å². The fourth-order valence-corrected chi connectivity index (χ4v) is 3.25. The largest absolute Gasteiger partial charge is 0.342 e. The lowest BCUT2D eigenvalue weighted by Crippen LogP contribution is -2.42. The molecule has 2 atom stereocenters. The van der Waals surface area contributed by atoms with Crippen molar-refractivity contribution in [3.05, 3.63) is 0 Å². The van der Waals surface area contributed by atoms with Gasteiger partial charge in [-0.15, -0.1) is 0 Å². The predicted molar refractivity (Wildman–Crippen MR) is 69.7 cm³/mol. The van der Waals surface area contributed by atoms with Gasteiger partial charge >= 0.3 is 0 Å². The van der Waals surface area contributed by atoms with Crippen LogP contribution in [0.1, 0.15) is 39.5 Å². The Bertz CT molecular complexity index is 261. The first-order valence-electron chi connectivity index (χ1n) is 7.16. The highest BCUT2D eigenvalue weighted by Gasteiger charge is 2.28. The van der Waals surface area contributed by atoms with E-state index in [2.05, 4.69) is 24.1 Å². The minimum atomic E-state index is 0.289. The molecule has 3 nitrogen and oxygen atoms in total. The van der Waals surface area contributed by atoms with Crippen molar-refractivity contribution in [3.63, 3.8) is 0 Å². The Morgan fingerprint density at radius 1 is 1.12 bits per heavy atom. The summed E-state index contributed by atoms with van der Waals surface area (Å²) < 4.78 is 0. The second kappa shape index (κ2) is 5.85. The third-order valence-corrected chi connectivity index (χ3v) is 4.23. The number of carbonyl (C=O) groups is 1. The van der Waals surface area contributed by atoms with Crippen LogP contribution in [0.4, 0.5) is 0 Å². The fraction of sp³-hybridized carbons (Fsp3) is 0.929. The smallest absolute Gasteiger partial charge is 0.225 e. The molecule has 0 aromatic heterocycles. The molecule has 2 rings (SSSR count). The van der Waals surface area contributed by atoms with Crippen molar-refractivity contribution >= 4 is 5.91 Å². The maximum atomic E-state index is 12.5. The summed E-state index contributed by atoms with van der Waals surface area (Å²) in [6.45, 7) is 8.58. The molecule has 2 aliphatic rings. The molecule has 17 heavy (non-hydrogen) atoms. The molecule has 2 unspecified atom stereocenters. The van der Waals surface area contributed by atoms with Crippen LogP contribution in [0.2, 0.25) is 0 Å². The summed E-state index contributed by atoms with van der Waals surface area (Å²) in [5.74, 6) is 2.15. The number of likely N-dealkylation sites (tertiary alicyclic amines) is 1. The Kier molecular flexibility index (Phi) is 4.43. The van der Waals surface area contributed by atoms with Crippen LogP contribution in [0.25, 0.3) is 0 Å². The zero-order valence-corrected chi connectivity index (χ0v) is 11.2. The highest BCUT2D eigenvalue weighted by molar-refractivity contribution is 5.79.